The fraction of sp³-hybridized carbons (Fsp3) is 0. The number of nitrogens with zero attached hydrogens (tertiary/aromatic N) is 5. The molecule has 0 saturated carbocycles. The molecule has 3 aromatic heterocycles. The van der Waals surface area contributed by atoms with Crippen LogP contribution in [-0.2, 0) is 0 Å². The van der Waals surface area contributed by atoms with Crippen LogP contribution in [0.4, 0.5) is 0 Å². The predicted octanol–water partition coefficient (Wildman–Crippen LogP) is 0.672. The van der Waals surface area contributed by atoms with Crippen LogP contribution < -0.4 is 0 Å². The van der Waals surface area contributed by atoms with E-state index in [0.717, 1.165) is 16.8 Å². The Kier molecular flexibility index (Phi) is 1.11. The summed E-state index contributed by atoms with van der Waals surface area (Å²) in [7, 11) is 0. The Morgan fingerprint density at radius 2 is 1.92 bits per heavy atom. The van der Waals surface area contributed by atoms with Gasteiger partial charge in [0.2, 0.25) is 0 Å². The van der Waals surface area contributed by atoms with Crippen molar-refractivity contribution in [3.05, 3.63) is 30.9 Å². The lowest BCUT2D eigenvalue weighted by Crippen LogP contribution is -1.95. The van der Waals surface area contributed by atoms with Crippen LogP contribution in [0.25, 0.3) is 16.8 Å². The van der Waals surface area contributed by atoms with Crippen LogP contribution in [-0.4, -0.2) is 24.6 Å². The second kappa shape index (κ2) is 2.22. The molecule has 3 heterocycles. The van der Waals surface area contributed by atoms with Crippen molar-refractivity contribution in [1.82, 2.24) is 24.6 Å². The van der Waals surface area contributed by atoms with Gasteiger partial charge in [-0.25, -0.2) is 15.0 Å². The molecule has 0 aliphatic heterocycles. The third kappa shape index (κ3) is 0.807. The van der Waals surface area contributed by atoms with Crippen molar-refractivity contribution in [2.75, 3.05) is 0 Å². The van der Waals surface area contributed by atoms with Crippen LogP contribution in [0.1, 0.15) is 0 Å². The van der Waals surface area contributed by atoms with E-state index in [-0.39, 0.29) is 0 Å². The minimum atomic E-state index is 0.734. The number of fused-ring (bicyclic) bond motifs is 3. The molecule has 0 aliphatic carbocycles. The minimum absolute atomic E-state index is 0.734. The lowest BCUT2D eigenvalue weighted by molar-refractivity contribution is 0.956. The lowest BCUT2D eigenvalue weighted by atomic mass is 10.5. The normalized spacial score (nSPS) is 11.1. The van der Waals surface area contributed by atoms with Gasteiger partial charge in [-0.3, -0.25) is 0 Å². The summed E-state index contributed by atoms with van der Waals surface area (Å²) in [6.45, 7) is 0. The average Bonchev–Trinajstić information content (AvgIpc) is 2.65. The van der Waals surface area contributed by atoms with E-state index in [0.29, 0.717) is 0 Å². The molecule has 0 amide bonds. The monoisotopic (exact) mass is 171 g/mol. The largest absolute Gasteiger partial charge is 0.250 e. The molecule has 0 bridgehead atoms. The van der Waals surface area contributed by atoms with E-state index in [4.69, 9.17) is 0 Å². The van der Waals surface area contributed by atoms with E-state index in [1.807, 2.05) is 6.07 Å². The van der Waals surface area contributed by atoms with Crippen molar-refractivity contribution in [3.63, 3.8) is 0 Å². The van der Waals surface area contributed by atoms with Gasteiger partial charge in [0.25, 0.3) is 0 Å². The van der Waals surface area contributed by atoms with Crippen LogP contribution in [0.5, 0.6) is 0 Å². The third-order valence-electron chi connectivity index (χ3n) is 1.85. The summed E-state index contributed by atoms with van der Waals surface area (Å²) in [6.07, 6.45) is 6.67. The maximum absolute atomic E-state index is 4.18. The Hall–Kier alpha value is -2.04. The predicted molar refractivity (Wildman–Crippen MR) is 46.1 cm³/mol. The second-order valence-electron chi connectivity index (χ2n) is 2.62. The highest BCUT2D eigenvalue weighted by molar-refractivity contribution is 5.71. The van der Waals surface area contributed by atoms with E-state index in [2.05, 4.69) is 20.1 Å². The first-order chi connectivity index (χ1) is 6.45. The quantitative estimate of drug-likeness (QED) is 0.499. The summed E-state index contributed by atoms with van der Waals surface area (Å²) in [5.41, 5.74) is 2.27. The van der Waals surface area contributed by atoms with Crippen molar-refractivity contribution in [2.24, 2.45) is 0 Å². The van der Waals surface area contributed by atoms with Crippen molar-refractivity contribution >= 4 is 16.8 Å². The van der Waals surface area contributed by atoms with E-state index in [1.54, 1.807) is 29.3 Å². The lowest BCUT2D eigenvalue weighted by Gasteiger charge is -1.96. The molecule has 0 spiro atoms. The topological polar surface area (TPSA) is 56.0 Å². The maximum Gasteiger partial charge on any atom is 0.183 e. The van der Waals surface area contributed by atoms with E-state index < -0.39 is 0 Å². The fourth-order valence-corrected chi connectivity index (χ4v) is 1.28. The summed E-state index contributed by atoms with van der Waals surface area (Å²) in [6, 6.07) is 1.83. The van der Waals surface area contributed by atoms with Crippen LogP contribution in [0.2, 0.25) is 0 Å². The van der Waals surface area contributed by atoms with Crippen LogP contribution in [0, 0.1) is 0 Å². The highest BCUT2D eigenvalue weighted by atomic mass is 15.3. The van der Waals surface area contributed by atoms with Gasteiger partial charge in [0, 0.05) is 18.5 Å². The van der Waals surface area contributed by atoms with Gasteiger partial charge in [-0.05, 0) is 0 Å². The molecule has 0 radical (unpaired) electrons. The Bertz CT molecular complexity index is 571. The van der Waals surface area contributed by atoms with E-state index in [1.165, 1.54) is 0 Å². The SMILES string of the molecule is c1cnc2c(cnc3ccnn32)n1. The van der Waals surface area contributed by atoms with Crippen LogP contribution >= 0.6 is 0 Å². The van der Waals surface area contributed by atoms with Gasteiger partial charge in [0.15, 0.2) is 11.3 Å². The van der Waals surface area contributed by atoms with Gasteiger partial charge < -0.3 is 0 Å². The Balaban J connectivity index is 2.65. The molecule has 13 heavy (non-hydrogen) atoms. The molecule has 62 valence electrons. The summed E-state index contributed by atoms with van der Waals surface area (Å²) >= 11 is 0. The van der Waals surface area contributed by atoms with Gasteiger partial charge in [-0.1, -0.05) is 0 Å². The fourth-order valence-electron chi connectivity index (χ4n) is 1.28. The zero-order valence-electron chi connectivity index (χ0n) is 6.62. The standard InChI is InChI=1S/C8H5N5/c1-2-12-13-7(1)11-5-6-8(13)10-4-3-9-6/h1-5H. The molecule has 0 saturated heterocycles. The molecule has 5 heteroatoms. The molecule has 3 rings (SSSR count). The zero-order chi connectivity index (χ0) is 8.67. The molecule has 0 aromatic carbocycles. The Morgan fingerprint density at radius 1 is 1.00 bits per heavy atom. The highest BCUT2D eigenvalue weighted by Crippen LogP contribution is 2.07. The second-order valence-corrected chi connectivity index (χ2v) is 2.62. The van der Waals surface area contributed by atoms with Gasteiger partial charge in [0.05, 0.1) is 12.4 Å². The molecular weight excluding hydrogens is 166 g/mol. The Labute approximate surface area is 73.1 Å². The van der Waals surface area contributed by atoms with E-state index in [9.17, 15) is 0 Å². The van der Waals surface area contributed by atoms with Crippen LogP contribution in [0.15, 0.2) is 30.9 Å². The first kappa shape index (κ1) is 6.47. The van der Waals surface area contributed by atoms with Crippen molar-refractivity contribution < 1.29 is 0 Å². The first-order valence-electron chi connectivity index (χ1n) is 3.84. The third-order valence-corrected chi connectivity index (χ3v) is 1.85. The van der Waals surface area contributed by atoms with Gasteiger partial charge >= 0.3 is 0 Å². The summed E-state index contributed by atoms with van der Waals surface area (Å²) in [4.78, 5) is 12.5. The average molecular weight is 171 g/mol. The van der Waals surface area contributed by atoms with E-state index >= 15 is 0 Å². The molecule has 0 atom stereocenters. The molecule has 0 fully saturated rings. The molecular formula is C8H5N5. The number of aromatic nitrogens is 5. The van der Waals surface area contributed by atoms with Crippen molar-refractivity contribution in [2.45, 2.75) is 0 Å². The number of hydrogen-bond acceptors (Lipinski definition) is 4. The molecule has 3 aromatic rings. The first-order valence-corrected chi connectivity index (χ1v) is 3.84. The Morgan fingerprint density at radius 3 is 2.92 bits per heavy atom. The zero-order valence-corrected chi connectivity index (χ0v) is 6.62. The van der Waals surface area contributed by atoms with Gasteiger partial charge in [0.1, 0.15) is 5.52 Å². The summed E-state index contributed by atoms with van der Waals surface area (Å²) in [5.74, 6) is 0. The maximum atomic E-state index is 4.18. The van der Waals surface area contributed by atoms with Crippen LogP contribution in [0.3, 0.4) is 0 Å². The molecule has 5 nitrogen and oxygen atoms in total. The molecule has 0 N–H and O–H groups in total. The minimum Gasteiger partial charge on any atom is -0.250 e. The molecule has 0 unspecified atom stereocenters. The van der Waals surface area contributed by atoms with Crippen molar-refractivity contribution in [1.29, 1.82) is 0 Å². The van der Waals surface area contributed by atoms with Gasteiger partial charge in [-0.15, -0.1) is 0 Å². The van der Waals surface area contributed by atoms with Gasteiger partial charge in [-0.2, -0.15) is 9.61 Å². The van der Waals surface area contributed by atoms with Crippen molar-refractivity contribution in [3.8, 4) is 0 Å². The smallest absolute Gasteiger partial charge is 0.183 e. The number of rotatable bonds is 0. The number of hydrogen-bond donors (Lipinski definition) is 0. The highest BCUT2D eigenvalue weighted by Gasteiger charge is 2.01. The molecule has 0 aliphatic rings. The summed E-state index contributed by atoms with van der Waals surface area (Å²) < 4.78 is 1.67. The summed E-state index contributed by atoms with van der Waals surface area (Å²) in [5, 5.41) is 4.10.